The summed E-state index contributed by atoms with van der Waals surface area (Å²) in [7, 11) is 1.76. The molecule has 0 unspecified atom stereocenters. The fraction of sp³-hybridized carbons (Fsp3) is 0.917. The number of carbonyl (C=O) groups is 1. The fourth-order valence-electron chi connectivity index (χ4n) is 3.01. The van der Waals surface area contributed by atoms with Crippen molar-refractivity contribution in [3.63, 3.8) is 0 Å². The van der Waals surface area contributed by atoms with Crippen LogP contribution in [-0.2, 0) is 14.3 Å². The first-order valence-electron chi connectivity index (χ1n) is 6.34. The number of carbonyl (C=O) groups excluding carboxylic acids is 1. The van der Waals surface area contributed by atoms with Gasteiger partial charge in [0.15, 0.2) is 0 Å². The zero-order valence-electron chi connectivity index (χ0n) is 10.5. The van der Waals surface area contributed by atoms with Crippen molar-refractivity contribution in [2.24, 2.45) is 5.73 Å². The Morgan fingerprint density at radius 2 is 2.24 bits per heavy atom. The van der Waals surface area contributed by atoms with Gasteiger partial charge in [-0.3, -0.25) is 9.69 Å². The normalized spacial score (nSPS) is 29.4. The molecule has 2 aliphatic heterocycles. The number of amides is 1. The van der Waals surface area contributed by atoms with Crippen molar-refractivity contribution in [2.45, 2.75) is 37.4 Å². The lowest BCUT2D eigenvalue weighted by Crippen LogP contribution is -2.56. The van der Waals surface area contributed by atoms with E-state index in [1.54, 1.807) is 7.11 Å². The molecular weight excluding hydrogens is 220 g/mol. The summed E-state index contributed by atoms with van der Waals surface area (Å²) in [6, 6.07) is 0. The Hall–Kier alpha value is -0.650. The average molecular weight is 242 g/mol. The molecule has 2 saturated heterocycles. The summed E-state index contributed by atoms with van der Waals surface area (Å²) in [6.45, 7) is 2.91. The Balaban J connectivity index is 1.93. The first kappa shape index (κ1) is 12.8. The fourth-order valence-corrected chi connectivity index (χ4v) is 3.01. The first-order valence-corrected chi connectivity index (χ1v) is 6.34. The molecular formula is C12H22N2O3. The highest BCUT2D eigenvalue weighted by molar-refractivity contribution is 5.75. The van der Waals surface area contributed by atoms with Crippen molar-refractivity contribution in [1.82, 2.24) is 4.90 Å². The van der Waals surface area contributed by atoms with E-state index in [1.807, 2.05) is 0 Å². The number of primary amides is 1. The van der Waals surface area contributed by atoms with E-state index in [4.69, 9.17) is 15.2 Å². The van der Waals surface area contributed by atoms with E-state index in [9.17, 15) is 4.79 Å². The SMILES string of the molecule is CO[C@H]1CCCOC12CCN(CC(N)=O)CC2. The molecule has 98 valence electrons. The molecule has 2 N–H and O–H groups in total. The number of hydrogen-bond donors (Lipinski definition) is 1. The van der Waals surface area contributed by atoms with Crippen LogP contribution in [0.1, 0.15) is 25.7 Å². The number of piperidine rings is 1. The Bertz CT molecular complexity index is 275. The predicted molar refractivity (Wildman–Crippen MR) is 63.6 cm³/mol. The topological polar surface area (TPSA) is 64.8 Å². The van der Waals surface area contributed by atoms with E-state index in [0.717, 1.165) is 45.4 Å². The van der Waals surface area contributed by atoms with Gasteiger partial charge in [-0.25, -0.2) is 0 Å². The van der Waals surface area contributed by atoms with Gasteiger partial charge >= 0.3 is 0 Å². The zero-order valence-corrected chi connectivity index (χ0v) is 10.5. The minimum Gasteiger partial charge on any atom is -0.378 e. The first-order chi connectivity index (χ1) is 8.16. The third-order valence-corrected chi connectivity index (χ3v) is 3.95. The van der Waals surface area contributed by atoms with Crippen molar-refractivity contribution in [2.75, 3.05) is 33.4 Å². The van der Waals surface area contributed by atoms with Crippen LogP contribution in [0.5, 0.6) is 0 Å². The molecule has 1 amide bonds. The van der Waals surface area contributed by atoms with Gasteiger partial charge in [-0.1, -0.05) is 0 Å². The Morgan fingerprint density at radius 3 is 2.82 bits per heavy atom. The van der Waals surface area contributed by atoms with Gasteiger partial charge in [-0.15, -0.1) is 0 Å². The molecule has 5 heteroatoms. The van der Waals surface area contributed by atoms with Gasteiger partial charge in [0.2, 0.25) is 5.91 Å². The quantitative estimate of drug-likeness (QED) is 0.764. The van der Waals surface area contributed by atoms with Crippen LogP contribution in [0.2, 0.25) is 0 Å². The number of ether oxygens (including phenoxy) is 2. The van der Waals surface area contributed by atoms with Crippen LogP contribution in [0.15, 0.2) is 0 Å². The van der Waals surface area contributed by atoms with Gasteiger partial charge < -0.3 is 15.2 Å². The molecule has 0 bridgehead atoms. The van der Waals surface area contributed by atoms with Gasteiger partial charge in [0, 0.05) is 26.8 Å². The molecule has 0 saturated carbocycles. The number of methoxy groups -OCH3 is 1. The molecule has 2 heterocycles. The van der Waals surface area contributed by atoms with Crippen LogP contribution in [0.4, 0.5) is 0 Å². The molecule has 0 aromatic carbocycles. The summed E-state index contributed by atoms with van der Waals surface area (Å²) < 4.78 is 11.6. The molecule has 1 atom stereocenters. The largest absolute Gasteiger partial charge is 0.378 e. The third-order valence-electron chi connectivity index (χ3n) is 3.95. The molecule has 0 aromatic heterocycles. The van der Waals surface area contributed by atoms with E-state index >= 15 is 0 Å². The van der Waals surface area contributed by atoms with Crippen LogP contribution < -0.4 is 5.73 Å². The molecule has 2 fully saturated rings. The number of nitrogens with zero attached hydrogens (tertiary/aromatic N) is 1. The van der Waals surface area contributed by atoms with Gasteiger partial charge in [0.05, 0.1) is 18.2 Å². The van der Waals surface area contributed by atoms with Gasteiger partial charge in [-0.05, 0) is 25.7 Å². The van der Waals surface area contributed by atoms with Gasteiger partial charge in [0.25, 0.3) is 0 Å². The molecule has 2 aliphatic rings. The van der Waals surface area contributed by atoms with Gasteiger partial charge in [0.1, 0.15) is 0 Å². The zero-order chi connectivity index (χ0) is 12.3. The Labute approximate surface area is 102 Å². The second kappa shape index (κ2) is 5.33. The monoisotopic (exact) mass is 242 g/mol. The predicted octanol–water partition coefficient (Wildman–Crippen LogP) is 0.132. The van der Waals surface area contributed by atoms with Crippen LogP contribution >= 0.6 is 0 Å². The number of likely N-dealkylation sites (tertiary alicyclic amines) is 1. The van der Waals surface area contributed by atoms with Crippen LogP contribution in [0, 0.1) is 0 Å². The minimum atomic E-state index is -0.256. The Morgan fingerprint density at radius 1 is 1.53 bits per heavy atom. The van der Waals surface area contributed by atoms with Crippen molar-refractivity contribution >= 4 is 5.91 Å². The second-order valence-corrected chi connectivity index (χ2v) is 5.02. The average Bonchev–Trinajstić information content (AvgIpc) is 2.32. The number of nitrogens with two attached hydrogens (primary N) is 1. The second-order valence-electron chi connectivity index (χ2n) is 5.02. The molecule has 0 aromatic rings. The summed E-state index contributed by atoms with van der Waals surface area (Å²) in [6.07, 6.45) is 4.21. The summed E-state index contributed by atoms with van der Waals surface area (Å²) in [5.74, 6) is -0.256. The maximum Gasteiger partial charge on any atom is 0.231 e. The van der Waals surface area contributed by atoms with E-state index in [-0.39, 0.29) is 17.6 Å². The maximum atomic E-state index is 10.9. The smallest absolute Gasteiger partial charge is 0.231 e. The van der Waals surface area contributed by atoms with Gasteiger partial charge in [-0.2, -0.15) is 0 Å². The standard InChI is InChI=1S/C12H22N2O3/c1-16-10-3-2-8-17-12(10)4-6-14(7-5-12)9-11(13)15/h10H,2-9H2,1H3,(H2,13,15)/t10-/m0/s1. The van der Waals surface area contributed by atoms with E-state index in [2.05, 4.69) is 4.90 Å². The van der Waals surface area contributed by atoms with E-state index < -0.39 is 0 Å². The minimum absolute atomic E-state index is 0.124. The highest BCUT2D eigenvalue weighted by Crippen LogP contribution is 2.36. The molecule has 1 spiro atoms. The number of hydrogen-bond acceptors (Lipinski definition) is 4. The third kappa shape index (κ3) is 2.78. The van der Waals surface area contributed by atoms with Crippen LogP contribution in [0.25, 0.3) is 0 Å². The lowest BCUT2D eigenvalue weighted by atomic mass is 9.82. The molecule has 2 rings (SSSR count). The molecule has 0 aliphatic carbocycles. The summed E-state index contributed by atoms with van der Waals surface area (Å²) in [5.41, 5.74) is 5.09. The molecule has 17 heavy (non-hydrogen) atoms. The summed E-state index contributed by atoms with van der Waals surface area (Å²) in [4.78, 5) is 13.0. The summed E-state index contributed by atoms with van der Waals surface area (Å²) >= 11 is 0. The highest BCUT2D eigenvalue weighted by atomic mass is 16.5. The Kier molecular flexibility index (Phi) is 4.01. The van der Waals surface area contributed by atoms with Crippen molar-refractivity contribution in [3.8, 4) is 0 Å². The highest BCUT2D eigenvalue weighted by Gasteiger charge is 2.44. The maximum absolute atomic E-state index is 10.9. The molecule has 5 nitrogen and oxygen atoms in total. The number of rotatable bonds is 3. The summed E-state index contributed by atoms with van der Waals surface area (Å²) in [5, 5.41) is 0. The van der Waals surface area contributed by atoms with Crippen LogP contribution in [0.3, 0.4) is 0 Å². The van der Waals surface area contributed by atoms with E-state index in [0.29, 0.717) is 6.54 Å². The van der Waals surface area contributed by atoms with Crippen molar-refractivity contribution < 1.29 is 14.3 Å². The van der Waals surface area contributed by atoms with Crippen molar-refractivity contribution in [3.05, 3.63) is 0 Å². The van der Waals surface area contributed by atoms with E-state index in [1.165, 1.54) is 0 Å². The van der Waals surface area contributed by atoms with Crippen molar-refractivity contribution in [1.29, 1.82) is 0 Å². The molecule has 0 radical (unpaired) electrons. The lowest BCUT2D eigenvalue weighted by molar-refractivity contribution is -0.186. The van der Waals surface area contributed by atoms with Crippen LogP contribution in [-0.4, -0.2) is 55.9 Å². The lowest BCUT2D eigenvalue weighted by Gasteiger charge is -2.47.